The number of halogens is 5. The van der Waals surface area contributed by atoms with Gasteiger partial charge in [-0.25, -0.2) is 8.78 Å². The molecule has 0 heterocycles. The fourth-order valence-electron chi connectivity index (χ4n) is 2.06. The third kappa shape index (κ3) is 3.09. The van der Waals surface area contributed by atoms with E-state index in [2.05, 4.69) is 0 Å². The summed E-state index contributed by atoms with van der Waals surface area (Å²) in [6, 6.07) is 4.33. The Morgan fingerprint density at radius 3 is 2.33 bits per heavy atom. The van der Waals surface area contributed by atoms with Crippen LogP contribution in [0.25, 0.3) is 10.8 Å². The third-order valence-corrected chi connectivity index (χ3v) is 3.08. The van der Waals surface area contributed by atoms with Crippen molar-refractivity contribution in [2.45, 2.75) is 25.9 Å². The van der Waals surface area contributed by atoms with Crippen LogP contribution in [0.15, 0.2) is 24.3 Å². The normalized spacial score (nSPS) is 11.9. The van der Waals surface area contributed by atoms with Crippen LogP contribution in [0.4, 0.5) is 22.0 Å². The first kappa shape index (κ1) is 15.5. The van der Waals surface area contributed by atoms with Crippen LogP contribution < -0.4 is 4.74 Å². The van der Waals surface area contributed by atoms with Gasteiger partial charge < -0.3 is 4.74 Å². The second kappa shape index (κ2) is 5.87. The molecule has 0 bridgehead atoms. The van der Waals surface area contributed by atoms with E-state index in [1.807, 2.05) is 6.92 Å². The second-order valence-corrected chi connectivity index (χ2v) is 4.60. The Bertz CT molecular complexity index is 649. The van der Waals surface area contributed by atoms with Crippen molar-refractivity contribution in [1.82, 2.24) is 0 Å². The van der Waals surface area contributed by atoms with Crippen LogP contribution in [-0.2, 0) is 6.18 Å². The molecule has 0 atom stereocenters. The lowest BCUT2D eigenvalue weighted by molar-refractivity contribution is -0.137. The van der Waals surface area contributed by atoms with Gasteiger partial charge in [-0.15, -0.1) is 0 Å². The van der Waals surface area contributed by atoms with Crippen molar-refractivity contribution in [2.24, 2.45) is 0 Å². The van der Waals surface area contributed by atoms with Gasteiger partial charge in [-0.2, -0.15) is 13.2 Å². The van der Waals surface area contributed by atoms with Crippen LogP contribution in [0.2, 0.25) is 0 Å². The van der Waals surface area contributed by atoms with Gasteiger partial charge in [-0.05, 0) is 23.9 Å². The fourth-order valence-corrected chi connectivity index (χ4v) is 2.06. The maximum Gasteiger partial charge on any atom is 0.420 e. The standard InChI is InChI=1S/C15H13F5O/c1-2-3-8-21-11-7-5-9-4-6-10(16)14(17)12(9)13(11)15(18,19)20/h4-7H,2-3,8H2,1H3. The zero-order chi connectivity index (χ0) is 15.6. The predicted molar refractivity (Wildman–Crippen MR) is 69.3 cm³/mol. The molecule has 0 aliphatic heterocycles. The average Bonchev–Trinajstić information content (AvgIpc) is 2.42. The summed E-state index contributed by atoms with van der Waals surface area (Å²) in [4.78, 5) is 0. The SMILES string of the molecule is CCCCOc1ccc2ccc(F)c(F)c2c1C(F)(F)F. The summed E-state index contributed by atoms with van der Waals surface area (Å²) in [5.74, 6) is -3.31. The van der Waals surface area contributed by atoms with Gasteiger partial charge in [0.2, 0.25) is 0 Å². The smallest absolute Gasteiger partial charge is 0.420 e. The summed E-state index contributed by atoms with van der Waals surface area (Å²) in [5, 5.41) is -0.819. The lowest BCUT2D eigenvalue weighted by atomic mass is 10.0. The van der Waals surface area contributed by atoms with Crippen LogP contribution in [0, 0.1) is 11.6 Å². The Kier molecular flexibility index (Phi) is 4.34. The Hall–Kier alpha value is -1.85. The highest BCUT2D eigenvalue weighted by Crippen LogP contribution is 2.42. The monoisotopic (exact) mass is 304 g/mol. The highest BCUT2D eigenvalue weighted by atomic mass is 19.4. The number of rotatable bonds is 4. The molecular weight excluding hydrogens is 291 g/mol. The predicted octanol–water partition coefficient (Wildman–Crippen LogP) is 5.32. The molecule has 0 aliphatic carbocycles. The number of hydrogen-bond donors (Lipinski definition) is 0. The van der Waals surface area contributed by atoms with Gasteiger partial charge in [0.1, 0.15) is 11.3 Å². The first-order chi connectivity index (χ1) is 9.86. The van der Waals surface area contributed by atoms with Gasteiger partial charge in [0.25, 0.3) is 0 Å². The van der Waals surface area contributed by atoms with Crippen molar-refractivity contribution >= 4 is 10.8 Å². The minimum atomic E-state index is -4.84. The number of fused-ring (bicyclic) bond motifs is 1. The summed E-state index contributed by atoms with van der Waals surface area (Å²) >= 11 is 0. The maximum absolute atomic E-state index is 13.8. The van der Waals surface area contributed by atoms with E-state index in [-0.39, 0.29) is 12.0 Å². The van der Waals surface area contributed by atoms with E-state index in [0.29, 0.717) is 6.42 Å². The second-order valence-electron chi connectivity index (χ2n) is 4.60. The molecule has 2 aromatic rings. The van der Waals surface area contributed by atoms with E-state index in [9.17, 15) is 22.0 Å². The van der Waals surface area contributed by atoms with Gasteiger partial charge in [-0.3, -0.25) is 0 Å². The minimum absolute atomic E-state index is 0.0240. The van der Waals surface area contributed by atoms with Gasteiger partial charge in [0, 0.05) is 5.39 Å². The van der Waals surface area contributed by atoms with E-state index in [1.54, 1.807) is 0 Å². The molecule has 0 radical (unpaired) electrons. The number of unbranched alkanes of at least 4 members (excludes halogenated alkanes) is 1. The van der Waals surface area contributed by atoms with Crippen molar-refractivity contribution in [2.75, 3.05) is 6.61 Å². The lowest BCUT2D eigenvalue weighted by Crippen LogP contribution is -2.11. The van der Waals surface area contributed by atoms with Gasteiger partial charge in [-0.1, -0.05) is 25.5 Å². The van der Waals surface area contributed by atoms with Crippen LogP contribution in [0.5, 0.6) is 5.75 Å². The number of benzene rings is 2. The Labute approximate surface area is 118 Å². The molecule has 0 amide bonds. The molecular formula is C15H13F5O. The fraction of sp³-hybridized carbons (Fsp3) is 0.333. The molecule has 0 saturated heterocycles. The number of alkyl halides is 3. The molecule has 0 saturated carbocycles. The Morgan fingerprint density at radius 1 is 1.05 bits per heavy atom. The van der Waals surface area contributed by atoms with Crippen molar-refractivity contribution in [3.8, 4) is 5.75 Å². The quantitative estimate of drug-likeness (QED) is 0.549. The molecule has 0 N–H and O–H groups in total. The first-order valence-electron chi connectivity index (χ1n) is 6.47. The molecule has 21 heavy (non-hydrogen) atoms. The molecule has 0 aromatic heterocycles. The largest absolute Gasteiger partial charge is 0.493 e. The van der Waals surface area contributed by atoms with Crippen LogP contribution in [0.1, 0.15) is 25.3 Å². The summed E-state index contributed by atoms with van der Waals surface area (Å²) in [7, 11) is 0. The zero-order valence-electron chi connectivity index (χ0n) is 11.2. The van der Waals surface area contributed by atoms with E-state index in [0.717, 1.165) is 24.6 Å². The summed E-state index contributed by atoms with van der Waals surface area (Å²) in [6.07, 6.45) is -3.52. The summed E-state index contributed by atoms with van der Waals surface area (Å²) < 4.78 is 71.9. The molecule has 2 rings (SSSR count). The molecule has 6 heteroatoms. The van der Waals surface area contributed by atoms with E-state index >= 15 is 0 Å². The van der Waals surface area contributed by atoms with Gasteiger partial charge in [0.05, 0.1) is 6.61 Å². The van der Waals surface area contributed by atoms with Crippen molar-refractivity contribution in [1.29, 1.82) is 0 Å². The lowest BCUT2D eigenvalue weighted by Gasteiger charge is -2.17. The van der Waals surface area contributed by atoms with Crippen molar-refractivity contribution in [3.05, 3.63) is 41.5 Å². The summed E-state index contributed by atoms with van der Waals surface area (Å²) in [5.41, 5.74) is -1.27. The molecule has 0 spiro atoms. The van der Waals surface area contributed by atoms with Crippen LogP contribution in [0.3, 0.4) is 0 Å². The molecule has 2 aromatic carbocycles. The Balaban J connectivity index is 2.67. The van der Waals surface area contributed by atoms with E-state index < -0.39 is 34.5 Å². The molecule has 0 unspecified atom stereocenters. The topological polar surface area (TPSA) is 9.23 Å². The first-order valence-corrected chi connectivity index (χ1v) is 6.47. The number of ether oxygens (including phenoxy) is 1. The van der Waals surface area contributed by atoms with Crippen molar-refractivity contribution < 1.29 is 26.7 Å². The van der Waals surface area contributed by atoms with Gasteiger partial charge >= 0.3 is 6.18 Å². The number of hydrogen-bond acceptors (Lipinski definition) is 1. The maximum atomic E-state index is 13.8. The molecule has 0 aliphatic rings. The highest BCUT2D eigenvalue weighted by molar-refractivity contribution is 5.89. The summed E-state index contributed by atoms with van der Waals surface area (Å²) in [6.45, 7) is 1.95. The zero-order valence-corrected chi connectivity index (χ0v) is 11.2. The van der Waals surface area contributed by atoms with Crippen molar-refractivity contribution in [3.63, 3.8) is 0 Å². The highest BCUT2D eigenvalue weighted by Gasteiger charge is 2.38. The molecule has 0 fully saturated rings. The van der Waals surface area contributed by atoms with Crippen LogP contribution in [-0.4, -0.2) is 6.61 Å². The third-order valence-electron chi connectivity index (χ3n) is 3.08. The molecule has 1 nitrogen and oxygen atoms in total. The minimum Gasteiger partial charge on any atom is -0.493 e. The molecule has 114 valence electrons. The van der Waals surface area contributed by atoms with Gasteiger partial charge in [0.15, 0.2) is 11.6 Å². The van der Waals surface area contributed by atoms with Crippen LogP contribution >= 0.6 is 0 Å². The Morgan fingerprint density at radius 2 is 1.71 bits per heavy atom. The average molecular weight is 304 g/mol. The van der Waals surface area contributed by atoms with E-state index in [1.165, 1.54) is 6.07 Å². The van der Waals surface area contributed by atoms with E-state index in [4.69, 9.17) is 4.74 Å².